The first kappa shape index (κ1) is 19.8. The molecule has 0 spiro atoms. The van der Waals surface area contributed by atoms with E-state index in [1.54, 1.807) is 22.7 Å². The molecule has 1 amide bonds. The predicted molar refractivity (Wildman–Crippen MR) is 121 cm³/mol. The van der Waals surface area contributed by atoms with Crippen molar-refractivity contribution in [3.05, 3.63) is 56.8 Å². The second-order valence-corrected chi connectivity index (χ2v) is 9.72. The smallest absolute Gasteiger partial charge is 0.230 e. The van der Waals surface area contributed by atoms with E-state index in [9.17, 15) is 4.79 Å². The summed E-state index contributed by atoms with van der Waals surface area (Å²) in [7, 11) is 0. The lowest BCUT2D eigenvalue weighted by molar-refractivity contribution is -0.115. The molecule has 3 aromatic rings. The van der Waals surface area contributed by atoms with Crippen molar-refractivity contribution in [2.75, 3.05) is 18.4 Å². The number of hydrogen-bond donors (Lipinski definition) is 1. The van der Waals surface area contributed by atoms with Crippen LogP contribution in [-0.2, 0) is 17.8 Å². The Morgan fingerprint density at radius 2 is 2.00 bits per heavy atom. The Bertz CT molecular complexity index is 947. The Kier molecular flexibility index (Phi) is 6.57. The Labute approximate surface area is 181 Å². The molecular formula is C21H22BrN3OS2. The van der Waals surface area contributed by atoms with Gasteiger partial charge in [0.15, 0.2) is 0 Å². The molecule has 0 bridgehead atoms. The van der Waals surface area contributed by atoms with E-state index in [4.69, 9.17) is 0 Å². The molecule has 1 saturated heterocycles. The van der Waals surface area contributed by atoms with E-state index >= 15 is 0 Å². The highest BCUT2D eigenvalue weighted by Gasteiger charge is 2.13. The summed E-state index contributed by atoms with van der Waals surface area (Å²) in [5.74, 6) is -0.0284. The average molecular weight is 476 g/mol. The van der Waals surface area contributed by atoms with Crippen molar-refractivity contribution >= 4 is 50.2 Å². The molecular weight excluding hydrogens is 454 g/mol. The van der Waals surface area contributed by atoms with E-state index in [1.165, 1.54) is 37.9 Å². The lowest BCUT2D eigenvalue weighted by Gasteiger charge is -2.26. The molecule has 146 valence electrons. The summed E-state index contributed by atoms with van der Waals surface area (Å²) in [4.78, 5) is 20.7. The van der Waals surface area contributed by atoms with Gasteiger partial charge in [-0.15, -0.1) is 22.7 Å². The standard InChI is InChI=1S/C21H22BrN3OS2/c22-16-10-19(27-13-16)21-24-18(14-28-21)11-20(26)23-17-6-4-5-15(9-17)12-25-7-2-1-3-8-25/h4-6,9-10,13-14H,1-3,7-8,11-12H2,(H,23,26). The van der Waals surface area contributed by atoms with E-state index in [0.29, 0.717) is 6.42 Å². The highest BCUT2D eigenvalue weighted by atomic mass is 79.9. The van der Waals surface area contributed by atoms with E-state index in [0.717, 1.165) is 32.3 Å². The molecule has 28 heavy (non-hydrogen) atoms. The van der Waals surface area contributed by atoms with E-state index in [2.05, 4.69) is 49.3 Å². The minimum atomic E-state index is -0.0284. The largest absolute Gasteiger partial charge is 0.326 e. The maximum Gasteiger partial charge on any atom is 0.230 e. The van der Waals surface area contributed by atoms with Gasteiger partial charge in [0.2, 0.25) is 5.91 Å². The summed E-state index contributed by atoms with van der Waals surface area (Å²) < 4.78 is 1.06. The first-order chi connectivity index (χ1) is 13.7. The van der Waals surface area contributed by atoms with Crippen LogP contribution in [0.4, 0.5) is 5.69 Å². The van der Waals surface area contributed by atoms with Crippen LogP contribution in [0.5, 0.6) is 0 Å². The van der Waals surface area contributed by atoms with Gasteiger partial charge in [0.25, 0.3) is 0 Å². The molecule has 0 saturated carbocycles. The first-order valence-electron chi connectivity index (χ1n) is 9.46. The minimum absolute atomic E-state index is 0.0284. The van der Waals surface area contributed by atoms with Gasteiger partial charge in [-0.3, -0.25) is 9.69 Å². The van der Waals surface area contributed by atoms with Gasteiger partial charge < -0.3 is 5.32 Å². The van der Waals surface area contributed by atoms with E-state index in [-0.39, 0.29) is 5.91 Å². The zero-order chi connectivity index (χ0) is 19.3. The van der Waals surface area contributed by atoms with Crippen molar-refractivity contribution in [1.29, 1.82) is 0 Å². The second-order valence-electron chi connectivity index (χ2n) is 7.04. The van der Waals surface area contributed by atoms with Crippen LogP contribution >= 0.6 is 38.6 Å². The molecule has 3 heterocycles. The number of likely N-dealkylation sites (tertiary alicyclic amines) is 1. The number of nitrogens with one attached hydrogen (secondary N) is 1. The molecule has 0 radical (unpaired) electrons. The van der Waals surface area contributed by atoms with Crippen molar-refractivity contribution in [2.24, 2.45) is 0 Å². The molecule has 1 aromatic carbocycles. The lowest BCUT2D eigenvalue weighted by Crippen LogP contribution is -2.29. The van der Waals surface area contributed by atoms with E-state index < -0.39 is 0 Å². The number of hydrogen-bond acceptors (Lipinski definition) is 5. The highest BCUT2D eigenvalue weighted by Crippen LogP contribution is 2.32. The summed E-state index contributed by atoms with van der Waals surface area (Å²) in [6.45, 7) is 3.29. The number of nitrogens with zero attached hydrogens (tertiary/aromatic N) is 2. The van der Waals surface area contributed by atoms with Crippen molar-refractivity contribution in [3.8, 4) is 9.88 Å². The van der Waals surface area contributed by atoms with Crippen LogP contribution in [0, 0.1) is 0 Å². The van der Waals surface area contributed by atoms with Crippen LogP contribution < -0.4 is 5.32 Å². The highest BCUT2D eigenvalue weighted by molar-refractivity contribution is 9.10. The molecule has 1 N–H and O–H groups in total. The molecule has 4 rings (SSSR count). The summed E-state index contributed by atoms with van der Waals surface area (Å²) in [6, 6.07) is 10.2. The van der Waals surface area contributed by atoms with Crippen molar-refractivity contribution in [1.82, 2.24) is 9.88 Å². The molecule has 1 fully saturated rings. The van der Waals surface area contributed by atoms with Crippen LogP contribution in [0.15, 0.2) is 45.6 Å². The fourth-order valence-electron chi connectivity index (χ4n) is 3.42. The molecule has 1 aliphatic rings. The number of thiophene rings is 1. The fraction of sp³-hybridized carbons (Fsp3) is 0.333. The third-order valence-corrected chi connectivity index (χ3v) is 7.49. The van der Waals surface area contributed by atoms with Gasteiger partial charge in [0.05, 0.1) is 17.0 Å². The number of amides is 1. The van der Waals surface area contributed by atoms with Crippen LogP contribution in [0.2, 0.25) is 0 Å². The van der Waals surface area contributed by atoms with Crippen LogP contribution in [-0.4, -0.2) is 28.9 Å². The molecule has 2 aromatic heterocycles. The van der Waals surface area contributed by atoms with Crippen LogP contribution in [0.25, 0.3) is 9.88 Å². The topological polar surface area (TPSA) is 45.2 Å². The summed E-state index contributed by atoms with van der Waals surface area (Å²) in [6.07, 6.45) is 4.21. The monoisotopic (exact) mass is 475 g/mol. The predicted octanol–water partition coefficient (Wildman–Crippen LogP) is 5.80. The number of carbonyl (C=O) groups is 1. The number of benzene rings is 1. The Balaban J connectivity index is 1.35. The fourth-order valence-corrected chi connectivity index (χ4v) is 5.75. The van der Waals surface area contributed by atoms with Crippen LogP contribution in [0.3, 0.4) is 0 Å². The molecule has 4 nitrogen and oxygen atoms in total. The maximum absolute atomic E-state index is 12.5. The van der Waals surface area contributed by atoms with E-state index in [1.807, 2.05) is 22.9 Å². The first-order valence-corrected chi connectivity index (χ1v) is 12.0. The van der Waals surface area contributed by atoms with Crippen LogP contribution in [0.1, 0.15) is 30.5 Å². The quantitative estimate of drug-likeness (QED) is 0.489. The third kappa shape index (κ3) is 5.29. The van der Waals surface area contributed by atoms with Gasteiger partial charge in [-0.25, -0.2) is 4.98 Å². The van der Waals surface area contributed by atoms with Gasteiger partial charge >= 0.3 is 0 Å². The van der Waals surface area contributed by atoms with Gasteiger partial charge in [0, 0.05) is 27.5 Å². The number of aromatic nitrogens is 1. The Morgan fingerprint density at radius 1 is 1.14 bits per heavy atom. The summed E-state index contributed by atoms with van der Waals surface area (Å²) in [5, 5.41) is 7.99. The molecule has 7 heteroatoms. The summed E-state index contributed by atoms with van der Waals surface area (Å²) in [5.41, 5.74) is 2.92. The Hall–Kier alpha value is -1.54. The molecule has 0 aliphatic carbocycles. The van der Waals surface area contributed by atoms with Crippen molar-refractivity contribution in [3.63, 3.8) is 0 Å². The molecule has 0 atom stereocenters. The average Bonchev–Trinajstić information content (AvgIpc) is 3.32. The minimum Gasteiger partial charge on any atom is -0.326 e. The zero-order valence-corrected chi connectivity index (χ0v) is 18.7. The van der Waals surface area contributed by atoms with Crippen molar-refractivity contribution < 1.29 is 4.79 Å². The van der Waals surface area contributed by atoms with Gasteiger partial charge in [-0.05, 0) is 65.6 Å². The second kappa shape index (κ2) is 9.31. The number of piperidine rings is 1. The number of carbonyl (C=O) groups excluding carboxylic acids is 1. The van der Waals surface area contributed by atoms with Gasteiger partial charge in [0.1, 0.15) is 5.01 Å². The lowest BCUT2D eigenvalue weighted by atomic mass is 10.1. The number of halogens is 1. The molecule has 0 unspecified atom stereocenters. The molecule has 1 aliphatic heterocycles. The number of rotatable bonds is 6. The third-order valence-electron chi connectivity index (χ3n) is 4.74. The zero-order valence-electron chi connectivity index (χ0n) is 15.5. The van der Waals surface area contributed by atoms with Gasteiger partial charge in [-0.2, -0.15) is 0 Å². The van der Waals surface area contributed by atoms with Crippen molar-refractivity contribution in [2.45, 2.75) is 32.2 Å². The van der Waals surface area contributed by atoms with Gasteiger partial charge in [-0.1, -0.05) is 18.6 Å². The Morgan fingerprint density at radius 3 is 2.79 bits per heavy atom. The maximum atomic E-state index is 12.5. The number of thiazole rings is 1. The SMILES string of the molecule is O=C(Cc1csc(-c2cc(Br)cs2)n1)Nc1cccc(CN2CCCCC2)c1. The number of anilines is 1. The normalized spacial score (nSPS) is 14.9. The summed E-state index contributed by atoms with van der Waals surface area (Å²) >= 11 is 6.70.